The van der Waals surface area contributed by atoms with Crippen LogP contribution in [0.15, 0.2) is 58.5 Å². The van der Waals surface area contributed by atoms with Gasteiger partial charge < -0.3 is 34.5 Å². The molecule has 0 aromatic heterocycles. The zero-order chi connectivity index (χ0) is 33.8. The molecule has 1 amide bonds. The van der Waals surface area contributed by atoms with Crippen molar-refractivity contribution in [3.8, 4) is 0 Å². The Morgan fingerprint density at radius 2 is 1.76 bits per heavy atom. The van der Waals surface area contributed by atoms with Gasteiger partial charge in [0.2, 0.25) is 11.6 Å². The van der Waals surface area contributed by atoms with Crippen LogP contribution in [0.25, 0.3) is 0 Å². The number of carbonyl (C=O) groups excluding carboxylic acids is 4. The van der Waals surface area contributed by atoms with Crippen molar-refractivity contribution < 1.29 is 38.1 Å². The van der Waals surface area contributed by atoms with E-state index in [4.69, 9.17) is 18.9 Å². The molecule has 0 radical (unpaired) electrons. The second-order valence-electron chi connectivity index (χ2n) is 12.0. The number of Topliss-reactive ketones (excluding diaryl/α,β-unsaturated/α-hetero) is 1. The lowest BCUT2D eigenvalue weighted by molar-refractivity contribution is -0.149. The van der Waals surface area contributed by atoms with Crippen molar-refractivity contribution in [2.24, 2.45) is 11.8 Å². The highest BCUT2D eigenvalue weighted by atomic mass is 16.6. The molecule has 250 valence electrons. The lowest BCUT2D eigenvalue weighted by atomic mass is 9.85. The third-order valence-electron chi connectivity index (χ3n) is 7.94. The number of methoxy groups -OCH3 is 3. The molecule has 1 aliphatic carbocycles. The van der Waals surface area contributed by atoms with Gasteiger partial charge in [-0.25, -0.2) is 0 Å². The molecule has 1 aliphatic heterocycles. The average Bonchev–Trinajstić information content (AvgIpc) is 2.97. The van der Waals surface area contributed by atoms with Gasteiger partial charge in [-0.1, -0.05) is 38.2 Å². The Bertz CT molecular complexity index is 1250. The van der Waals surface area contributed by atoms with Crippen LogP contribution < -0.4 is 10.6 Å². The first kappa shape index (κ1) is 37.8. The van der Waals surface area contributed by atoms with Crippen LogP contribution in [0.3, 0.4) is 0 Å². The maximum atomic E-state index is 13.8. The summed E-state index contributed by atoms with van der Waals surface area (Å²) in [5, 5.41) is 5.80. The number of allylic oxidation sites excluding steroid dienone is 4. The summed E-state index contributed by atoms with van der Waals surface area (Å²) in [5.74, 6) is -2.03. The van der Waals surface area contributed by atoms with Gasteiger partial charge >= 0.3 is 5.97 Å². The fraction of sp³-hybridized carbons (Fsp3) is 0.588. The molecule has 2 bridgehead atoms. The van der Waals surface area contributed by atoms with Gasteiger partial charge in [0.1, 0.15) is 6.10 Å². The fourth-order valence-electron chi connectivity index (χ4n) is 5.59. The average molecular weight is 630 g/mol. The third-order valence-corrected chi connectivity index (χ3v) is 7.94. The summed E-state index contributed by atoms with van der Waals surface area (Å²) in [7, 11) is 8.59. The minimum Gasteiger partial charge on any atom is -0.455 e. The highest BCUT2D eigenvalue weighted by Gasteiger charge is 2.34. The number of carbonyl (C=O) groups is 4. The molecule has 0 saturated carbocycles. The largest absolute Gasteiger partial charge is 0.455 e. The number of nitrogens with zero attached hydrogens (tertiary/aromatic N) is 1. The first-order chi connectivity index (χ1) is 21.2. The van der Waals surface area contributed by atoms with E-state index in [0.717, 1.165) is 5.57 Å². The second kappa shape index (κ2) is 17.9. The first-order valence-electron chi connectivity index (χ1n) is 15.3. The molecule has 2 N–H and O–H groups in total. The molecule has 0 aromatic carbocycles. The van der Waals surface area contributed by atoms with E-state index in [9.17, 15) is 19.2 Å². The van der Waals surface area contributed by atoms with E-state index >= 15 is 0 Å². The van der Waals surface area contributed by atoms with Crippen LogP contribution in [0.4, 0.5) is 0 Å². The third kappa shape index (κ3) is 10.9. The molecule has 45 heavy (non-hydrogen) atoms. The van der Waals surface area contributed by atoms with E-state index in [1.165, 1.54) is 20.1 Å². The summed E-state index contributed by atoms with van der Waals surface area (Å²) >= 11 is 0. The van der Waals surface area contributed by atoms with E-state index in [2.05, 4.69) is 10.6 Å². The van der Waals surface area contributed by atoms with Gasteiger partial charge in [-0.15, -0.1) is 0 Å². The molecule has 0 fully saturated rings. The number of ketones is 2. The number of fused-ring (bicyclic) bond motifs is 2. The predicted molar refractivity (Wildman–Crippen MR) is 172 cm³/mol. The van der Waals surface area contributed by atoms with E-state index < -0.39 is 29.9 Å². The Kier molecular flexibility index (Phi) is 15.1. The summed E-state index contributed by atoms with van der Waals surface area (Å²) in [6.45, 7) is 9.92. The molecule has 11 nitrogen and oxygen atoms in total. The number of ether oxygens (including phenoxy) is 4. The Labute approximate surface area is 267 Å². The van der Waals surface area contributed by atoms with Crippen molar-refractivity contribution in [1.82, 2.24) is 15.5 Å². The van der Waals surface area contributed by atoms with E-state index in [1.807, 2.05) is 45.8 Å². The number of esters is 1. The van der Waals surface area contributed by atoms with Gasteiger partial charge in [-0.05, 0) is 52.3 Å². The highest BCUT2D eigenvalue weighted by Crippen LogP contribution is 2.29. The molecule has 6 unspecified atom stereocenters. The topological polar surface area (TPSA) is 132 Å². The Morgan fingerprint density at radius 3 is 2.33 bits per heavy atom. The number of likely N-dealkylation sites (N-methyl/N-ethyl adjacent to an activating group) is 1. The minimum atomic E-state index is -0.730. The Hall–Kier alpha value is -3.38. The monoisotopic (exact) mass is 629 g/mol. The lowest BCUT2D eigenvalue weighted by Gasteiger charge is -2.32. The van der Waals surface area contributed by atoms with E-state index in [0.29, 0.717) is 30.7 Å². The zero-order valence-electron chi connectivity index (χ0n) is 28.4. The Balaban J connectivity index is 2.64. The molecule has 11 heteroatoms. The SMILES string of the molecule is COC1/C=C\C=C(\C)C(=O)NC2=CC(=O)C(NCCN(C)C)=C(CC(C)CC(OC)C(OC)C(C)/C=C(/C)C1OC(C)=O)C2=O. The van der Waals surface area contributed by atoms with Crippen LogP contribution in [-0.2, 0) is 38.1 Å². The van der Waals surface area contributed by atoms with Gasteiger partial charge in [0.25, 0.3) is 5.91 Å². The van der Waals surface area contributed by atoms with Crippen molar-refractivity contribution in [1.29, 1.82) is 0 Å². The number of hydrogen-bond donors (Lipinski definition) is 2. The van der Waals surface area contributed by atoms with Crippen LogP contribution >= 0.6 is 0 Å². The zero-order valence-corrected chi connectivity index (χ0v) is 28.4. The predicted octanol–water partition coefficient (Wildman–Crippen LogP) is 3.04. The second-order valence-corrected chi connectivity index (χ2v) is 12.0. The lowest BCUT2D eigenvalue weighted by Crippen LogP contribution is -2.39. The molecule has 2 rings (SSSR count). The van der Waals surface area contributed by atoms with Crippen LogP contribution in [0.5, 0.6) is 0 Å². The smallest absolute Gasteiger partial charge is 0.303 e. The number of rotatable bonds is 8. The first-order valence-corrected chi connectivity index (χ1v) is 15.3. The fourth-order valence-corrected chi connectivity index (χ4v) is 5.59. The van der Waals surface area contributed by atoms with Gasteiger partial charge in [-0.2, -0.15) is 0 Å². The van der Waals surface area contributed by atoms with E-state index in [-0.39, 0.29) is 47.6 Å². The van der Waals surface area contributed by atoms with Gasteiger partial charge in [0.15, 0.2) is 6.10 Å². The summed E-state index contributed by atoms with van der Waals surface area (Å²) in [6.07, 6.45) is 6.72. The molecule has 6 atom stereocenters. The number of hydrogen-bond acceptors (Lipinski definition) is 10. The standard InChI is InChI=1S/C34H51N3O8/c1-20-16-25-30(35-14-15-37(6)7)27(39)19-26(31(25)40)36-34(41)21(2)12-11-13-28(42-8)33(45-24(5)38)23(4)18-22(3)32(44-10)29(17-20)43-9/h11-13,18-20,22,28-29,32-33,35H,14-17H2,1-10H3,(H,36,41)/b13-11-,21-12-,23-18-. The quantitative estimate of drug-likeness (QED) is 0.235. The van der Waals surface area contributed by atoms with Gasteiger partial charge in [-0.3, -0.25) is 19.2 Å². The summed E-state index contributed by atoms with van der Waals surface area (Å²) in [6, 6.07) is 0. The normalized spacial score (nSPS) is 30.6. The maximum Gasteiger partial charge on any atom is 0.303 e. The molecule has 1 heterocycles. The Morgan fingerprint density at radius 1 is 1.07 bits per heavy atom. The molecular weight excluding hydrogens is 578 g/mol. The van der Waals surface area contributed by atoms with Crippen LogP contribution in [0.2, 0.25) is 0 Å². The molecule has 2 aliphatic rings. The number of amides is 1. The van der Waals surface area contributed by atoms with Crippen molar-refractivity contribution in [3.05, 3.63) is 58.5 Å². The van der Waals surface area contributed by atoms with Crippen molar-refractivity contribution in [2.45, 2.75) is 71.9 Å². The molecule has 0 spiro atoms. The van der Waals surface area contributed by atoms with Crippen molar-refractivity contribution in [2.75, 3.05) is 48.5 Å². The van der Waals surface area contributed by atoms with Crippen molar-refractivity contribution >= 4 is 23.4 Å². The van der Waals surface area contributed by atoms with Gasteiger partial charge in [0.05, 0.1) is 23.6 Å². The molecule has 0 aromatic rings. The van der Waals surface area contributed by atoms with Crippen LogP contribution in [0, 0.1) is 11.8 Å². The summed E-state index contributed by atoms with van der Waals surface area (Å²) in [4.78, 5) is 54.2. The van der Waals surface area contributed by atoms with Gasteiger partial charge in [0, 0.05) is 64.5 Å². The maximum absolute atomic E-state index is 13.8. The summed E-state index contributed by atoms with van der Waals surface area (Å²) in [5.41, 5.74) is 1.56. The minimum absolute atomic E-state index is 0.0730. The molecular formula is C34H51N3O8. The van der Waals surface area contributed by atoms with Crippen molar-refractivity contribution in [3.63, 3.8) is 0 Å². The highest BCUT2D eigenvalue weighted by molar-refractivity contribution is 6.23. The van der Waals surface area contributed by atoms with Crippen LogP contribution in [0.1, 0.15) is 47.5 Å². The van der Waals surface area contributed by atoms with Crippen LogP contribution in [-0.4, -0.2) is 101 Å². The number of nitrogens with one attached hydrogen (secondary N) is 2. The van der Waals surface area contributed by atoms with E-state index in [1.54, 1.807) is 39.4 Å². The summed E-state index contributed by atoms with van der Waals surface area (Å²) < 4.78 is 23.2. The molecule has 0 saturated heterocycles.